The zero-order valence-electron chi connectivity index (χ0n) is 13.4. The molecular formula is C19H17BrF2N2O. The van der Waals surface area contributed by atoms with Crippen molar-refractivity contribution >= 4 is 39.3 Å². The third-order valence-corrected chi connectivity index (χ3v) is 4.55. The first kappa shape index (κ1) is 17.6. The first-order valence-electron chi connectivity index (χ1n) is 8.02. The number of hydrogen-bond acceptors (Lipinski definition) is 2. The van der Waals surface area contributed by atoms with E-state index in [0.29, 0.717) is 10.2 Å². The first-order chi connectivity index (χ1) is 12.0. The van der Waals surface area contributed by atoms with Gasteiger partial charge in [0.2, 0.25) is 5.91 Å². The quantitative estimate of drug-likeness (QED) is 0.726. The summed E-state index contributed by atoms with van der Waals surface area (Å²) in [5.74, 6) is -1.43. The van der Waals surface area contributed by atoms with Gasteiger partial charge in [0, 0.05) is 29.2 Å². The smallest absolute Gasteiger partial charge is 0.248 e. The molecular weight excluding hydrogens is 390 g/mol. The summed E-state index contributed by atoms with van der Waals surface area (Å²) in [6.45, 7) is 1.68. The van der Waals surface area contributed by atoms with Crippen molar-refractivity contribution in [3.63, 3.8) is 0 Å². The number of anilines is 2. The molecule has 1 saturated heterocycles. The van der Waals surface area contributed by atoms with Crippen LogP contribution in [-0.2, 0) is 4.79 Å². The maximum absolute atomic E-state index is 14.2. The lowest BCUT2D eigenvalue weighted by Gasteiger charge is -2.21. The fraction of sp³-hybridized carbons (Fsp3) is 0.211. The van der Waals surface area contributed by atoms with Crippen LogP contribution in [0, 0.1) is 11.6 Å². The number of carbonyl (C=O) groups excluding carboxylic acids is 1. The summed E-state index contributed by atoms with van der Waals surface area (Å²) in [5.41, 5.74) is 1.11. The van der Waals surface area contributed by atoms with Gasteiger partial charge in [0.1, 0.15) is 17.3 Å². The van der Waals surface area contributed by atoms with Crippen LogP contribution in [0.5, 0.6) is 0 Å². The molecule has 0 bridgehead atoms. The first-order valence-corrected chi connectivity index (χ1v) is 8.81. The van der Waals surface area contributed by atoms with Crippen LogP contribution in [0.25, 0.3) is 6.08 Å². The van der Waals surface area contributed by atoms with E-state index in [1.165, 1.54) is 24.3 Å². The van der Waals surface area contributed by atoms with Crippen molar-refractivity contribution < 1.29 is 13.6 Å². The molecule has 3 rings (SSSR count). The average molecular weight is 407 g/mol. The summed E-state index contributed by atoms with van der Waals surface area (Å²) >= 11 is 3.26. The van der Waals surface area contributed by atoms with E-state index in [2.05, 4.69) is 26.1 Å². The van der Waals surface area contributed by atoms with E-state index in [4.69, 9.17) is 0 Å². The van der Waals surface area contributed by atoms with Crippen molar-refractivity contribution in [1.82, 2.24) is 0 Å². The molecule has 1 aliphatic heterocycles. The topological polar surface area (TPSA) is 32.3 Å². The van der Waals surface area contributed by atoms with Gasteiger partial charge in [-0.15, -0.1) is 0 Å². The molecule has 2 aromatic rings. The van der Waals surface area contributed by atoms with Crippen LogP contribution in [0.1, 0.15) is 18.4 Å². The molecule has 2 aromatic carbocycles. The average Bonchev–Trinajstić information content (AvgIpc) is 3.12. The second-order valence-corrected chi connectivity index (χ2v) is 6.73. The minimum atomic E-state index is -0.509. The molecule has 1 aliphatic rings. The summed E-state index contributed by atoms with van der Waals surface area (Å²) in [6, 6.07) is 9.19. The Kier molecular flexibility index (Phi) is 5.48. The van der Waals surface area contributed by atoms with Gasteiger partial charge >= 0.3 is 0 Å². The molecule has 1 N–H and O–H groups in total. The molecule has 0 aromatic heterocycles. The number of halogens is 3. The van der Waals surface area contributed by atoms with Gasteiger partial charge in [0.05, 0.1) is 5.69 Å². The number of benzene rings is 2. The number of nitrogens with one attached hydrogen (secondary N) is 1. The Morgan fingerprint density at radius 2 is 1.88 bits per heavy atom. The van der Waals surface area contributed by atoms with Crippen LogP contribution in [0.2, 0.25) is 0 Å². The molecule has 1 heterocycles. The highest BCUT2D eigenvalue weighted by atomic mass is 79.9. The van der Waals surface area contributed by atoms with E-state index in [9.17, 15) is 13.6 Å². The highest BCUT2D eigenvalue weighted by Gasteiger charge is 2.19. The number of rotatable bonds is 4. The lowest BCUT2D eigenvalue weighted by molar-refractivity contribution is -0.111. The Morgan fingerprint density at radius 1 is 1.12 bits per heavy atom. The zero-order chi connectivity index (χ0) is 17.8. The van der Waals surface area contributed by atoms with Crippen LogP contribution < -0.4 is 10.2 Å². The van der Waals surface area contributed by atoms with E-state index in [1.54, 1.807) is 24.3 Å². The molecule has 0 atom stereocenters. The van der Waals surface area contributed by atoms with Gasteiger partial charge in [-0.1, -0.05) is 22.0 Å². The van der Waals surface area contributed by atoms with Crippen LogP contribution in [0.3, 0.4) is 0 Å². The number of hydrogen-bond donors (Lipinski definition) is 1. The summed E-state index contributed by atoms with van der Waals surface area (Å²) < 4.78 is 28.6. The zero-order valence-corrected chi connectivity index (χ0v) is 15.0. The second kappa shape index (κ2) is 7.78. The van der Waals surface area contributed by atoms with Crippen molar-refractivity contribution in [2.75, 3.05) is 23.3 Å². The monoisotopic (exact) mass is 406 g/mol. The van der Waals surface area contributed by atoms with Gasteiger partial charge in [-0.05, 0) is 49.2 Å². The predicted molar refractivity (Wildman–Crippen MR) is 99.6 cm³/mol. The molecule has 6 heteroatoms. The maximum Gasteiger partial charge on any atom is 0.248 e. The van der Waals surface area contributed by atoms with E-state index in [-0.39, 0.29) is 11.3 Å². The van der Waals surface area contributed by atoms with Crippen LogP contribution in [-0.4, -0.2) is 19.0 Å². The van der Waals surface area contributed by atoms with E-state index in [0.717, 1.165) is 25.9 Å². The molecule has 1 fully saturated rings. The molecule has 0 unspecified atom stereocenters. The third kappa shape index (κ3) is 4.25. The SMILES string of the molecule is O=C(/C=C/c1cc(Br)ccc1F)Nc1c(F)cccc1N1CCCC1. The Bertz CT molecular complexity index is 817. The third-order valence-electron chi connectivity index (χ3n) is 4.06. The minimum absolute atomic E-state index is 0.161. The highest BCUT2D eigenvalue weighted by molar-refractivity contribution is 9.10. The van der Waals surface area contributed by atoms with Crippen molar-refractivity contribution in [1.29, 1.82) is 0 Å². The Balaban J connectivity index is 1.79. The standard InChI is InChI=1S/C19H17BrF2N2O/c20-14-7-8-15(21)13(12-14)6-9-18(25)23-19-16(22)4-3-5-17(19)24-10-1-2-11-24/h3-9,12H,1-2,10-11H2,(H,23,25)/b9-6+. The Morgan fingerprint density at radius 3 is 2.64 bits per heavy atom. The highest BCUT2D eigenvalue weighted by Crippen LogP contribution is 2.31. The van der Waals surface area contributed by atoms with Gasteiger partial charge < -0.3 is 10.2 Å². The van der Waals surface area contributed by atoms with Crippen molar-refractivity contribution in [2.24, 2.45) is 0 Å². The van der Waals surface area contributed by atoms with Crippen LogP contribution >= 0.6 is 15.9 Å². The maximum atomic E-state index is 14.2. The lowest BCUT2D eigenvalue weighted by Crippen LogP contribution is -2.21. The van der Waals surface area contributed by atoms with Gasteiger partial charge in [-0.25, -0.2) is 8.78 Å². The van der Waals surface area contributed by atoms with Crippen LogP contribution in [0.15, 0.2) is 46.9 Å². The molecule has 3 nitrogen and oxygen atoms in total. The predicted octanol–water partition coefficient (Wildman–Crippen LogP) is 4.98. The number of para-hydroxylation sites is 1. The van der Waals surface area contributed by atoms with Crippen molar-refractivity contribution in [2.45, 2.75) is 12.8 Å². The Labute approximate surface area is 153 Å². The van der Waals surface area contributed by atoms with Gasteiger partial charge in [-0.3, -0.25) is 4.79 Å². The second-order valence-electron chi connectivity index (χ2n) is 5.82. The molecule has 130 valence electrons. The number of amides is 1. The van der Waals surface area contributed by atoms with E-state index < -0.39 is 17.5 Å². The molecule has 25 heavy (non-hydrogen) atoms. The normalized spacial score (nSPS) is 14.3. The summed E-state index contributed by atoms with van der Waals surface area (Å²) in [7, 11) is 0. The molecule has 0 radical (unpaired) electrons. The minimum Gasteiger partial charge on any atom is -0.370 e. The van der Waals surface area contributed by atoms with Crippen molar-refractivity contribution in [3.8, 4) is 0 Å². The fourth-order valence-corrected chi connectivity index (χ4v) is 3.21. The van der Waals surface area contributed by atoms with Gasteiger partial charge in [0.25, 0.3) is 0 Å². The summed E-state index contributed by atoms with van der Waals surface area (Å²) in [4.78, 5) is 14.2. The molecule has 1 amide bonds. The molecule has 0 aliphatic carbocycles. The van der Waals surface area contributed by atoms with Crippen molar-refractivity contribution in [3.05, 3.63) is 64.1 Å². The molecule has 0 spiro atoms. The Hall–Kier alpha value is -2.21. The number of nitrogens with zero attached hydrogens (tertiary/aromatic N) is 1. The van der Waals surface area contributed by atoms with E-state index >= 15 is 0 Å². The number of carbonyl (C=O) groups is 1. The van der Waals surface area contributed by atoms with E-state index in [1.807, 2.05) is 0 Å². The summed E-state index contributed by atoms with van der Waals surface area (Å²) in [6.07, 6.45) is 4.66. The molecule has 0 saturated carbocycles. The summed E-state index contributed by atoms with van der Waals surface area (Å²) in [5, 5.41) is 2.58. The van der Waals surface area contributed by atoms with Crippen LogP contribution in [0.4, 0.5) is 20.2 Å². The lowest BCUT2D eigenvalue weighted by atomic mass is 10.2. The van der Waals surface area contributed by atoms with Gasteiger partial charge in [-0.2, -0.15) is 0 Å². The largest absolute Gasteiger partial charge is 0.370 e. The fourth-order valence-electron chi connectivity index (χ4n) is 2.83. The van der Waals surface area contributed by atoms with Gasteiger partial charge in [0.15, 0.2) is 0 Å².